The van der Waals surface area contributed by atoms with Gasteiger partial charge in [-0.3, -0.25) is 4.79 Å². The number of hydrogen-bond donors (Lipinski definition) is 2. The molecular weight excluding hydrogens is 258 g/mol. The quantitative estimate of drug-likeness (QED) is 0.889. The van der Waals surface area contributed by atoms with E-state index < -0.39 is 0 Å². The van der Waals surface area contributed by atoms with Crippen molar-refractivity contribution in [2.75, 3.05) is 18.6 Å². The summed E-state index contributed by atoms with van der Waals surface area (Å²) < 4.78 is 0. The normalized spacial score (nSPS) is 22.8. The average molecular weight is 279 g/mol. The van der Waals surface area contributed by atoms with Gasteiger partial charge in [0.25, 0.3) is 5.91 Å². The minimum Gasteiger partial charge on any atom is -0.387 e. The lowest BCUT2D eigenvalue weighted by atomic mass is 9.95. The summed E-state index contributed by atoms with van der Waals surface area (Å²) in [6, 6.07) is 3.92. The lowest BCUT2D eigenvalue weighted by Crippen LogP contribution is -2.39. The Morgan fingerprint density at radius 3 is 2.89 bits per heavy atom. The number of carbonyl (C=O) groups is 1. The molecule has 2 atom stereocenters. The molecule has 1 fully saturated rings. The molecule has 0 aliphatic heterocycles. The Morgan fingerprint density at radius 2 is 2.26 bits per heavy atom. The molecule has 2 rings (SSSR count). The second-order valence-corrected chi connectivity index (χ2v) is 6.01. The van der Waals surface area contributed by atoms with Gasteiger partial charge in [0.05, 0.1) is 11.9 Å². The van der Waals surface area contributed by atoms with Gasteiger partial charge in [-0.05, 0) is 37.7 Å². The fourth-order valence-corrected chi connectivity index (χ4v) is 3.25. The number of thioether (sulfide) groups is 1. The molecule has 104 valence electrons. The van der Waals surface area contributed by atoms with E-state index in [0.29, 0.717) is 17.0 Å². The summed E-state index contributed by atoms with van der Waals surface area (Å²) in [6.07, 6.45) is 8.44. The standard InChI is InChI=1S/C14H21N3OS/c1-15-11-6-7-13(16-9-11)14(18)17-10-4-3-5-12(8-10)19-2/h6-7,9-10,12,15H,3-5,8H2,1-2H3,(H,17,18). The van der Waals surface area contributed by atoms with Gasteiger partial charge in [-0.1, -0.05) is 6.42 Å². The minimum absolute atomic E-state index is 0.0607. The third-order valence-electron chi connectivity index (χ3n) is 3.58. The Morgan fingerprint density at radius 1 is 1.42 bits per heavy atom. The van der Waals surface area contributed by atoms with Crippen molar-refractivity contribution < 1.29 is 4.79 Å². The van der Waals surface area contributed by atoms with Crippen LogP contribution in [0.3, 0.4) is 0 Å². The van der Waals surface area contributed by atoms with E-state index in [0.717, 1.165) is 18.5 Å². The summed E-state index contributed by atoms with van der Waals surface area (Å²) in [6.45, 7) is 0. The van der Waals surface area contributed by atoms with Crippen molar-refractivity contribution in [3.05, 3.63) is 24.0 Å². The maximum atomic E-state index is 12.1. The molecular formula is C14H21N3OS. The number of aromatic nitrogens is 1. The van der Waals surface area contributed by atoms with Gasteiger partial charge in [0, 0.05) is 18.3 Å². The highest BCUT2D eigenvalue weighted by Crippen LogP contribution is 2.27. The van der Waals surface area contributed by atoms with Crippen molar-refractivity contribution in [2.24, 2.45) is 0 Å². The molecule has 19 heavy (non-hydrogen) atoms. The number of rotatable bonds is 4. The minimum atomic E-state index is -0.0607. The van der Waals surface area contributed by atoms with E-state index in [-0.39, 0.29) is 5.91 Å². The molecule has 0 bridgehead atoms. The van der Waals surface area contributed by atoms with Crippen LogP contribution in [0.2, 0.25) is 0 Å². The molecule has 0 saturated heterocycles. The Bertz CT molecular complexity index is 421. The van der Waals surface area contributed by atoms with Crippen molar-refractivity contribution >= 4 is 23.4 Å². The molecule has 1 aromatic rings. The van der Waals surface area contributed by atoms with Crippen molar-refractivity contribution in [1.29, 1.82) is 0 Å². The fraction of sp³-hybridized carbons (Fsp3) is 0.571. The summed E-state index contributed by atoms with van der Waals surface area (Å²) in [5, 5.41) is 6.77. The van der Waals surface area contributed by atoms with Gasteiger partial charge in [0.15, 0.2) is 0 Å². The first kappa shape index (κ1) is 14.2. The van der Waals surface area contributed by atoms with Gasteiger partial charge >= 0.3 is 0 Å². The van der Waals surface area contributed by atoms with E-state index in [9.17, 15) is 4.79 Å². The fourth-order valence-electron chi connectivity index (χ4n) is 2.43. The molecule has 2 unspecified atom stereocenters. The third-order valence-corrected chi connectivity index (χ3v) is 4.67. The van der Waals surface area contributed by atoms with E-state index in [2.05, 4.69) is 21.9 Å². The number of pyridine rings is 1. The van der Waals surface area contributed by atoms with Crippen LogP contribution in [0, 0.1) is 0 Å². The highest BCUT2D eigenvalue weighted by atomic mass is 32.2. The average Bonchev–Trinajstić information content (AvgIpc) is 2.47. The molecule has 0 aromatic carbocycles. The molecule has 1 aromatic heterocycles. The lowest BCUT2D eigenvalue weighted by molar-refractivity contribution is 0.0923. The second kappa shape index (κ2) is 6.80. The van der Waals surface area contributed by atoms with Gasteiger partial charge in [0.2, 0.25) is 0 Å². The first-order chi connectivity index (χ1) is 9.22. The van der Waals surface area contributed by atoms with Crippen molar-refractivity contribution in [3.63, 3.8) is 0 Å². The maximum absolute atomic E-state index is 12.1. The summed E-state index contributed by atoms with van der Waals surface area (Å²) in [5.41, 5.74) is 1.40. The van der Waals surface area contributed by atoms with Crippen LogP contribution in [0.4, 0.5) is 5.69 Å². The number of hydrogen-bond acceptors (Lipinski definition) is 4. The van der Waals surface area contributed by atoms with E-state index >= 15 is 0 Å². The zero-order valence-electron chi connectivity index (χ0n) is 11.5. The zero-order valence-corrected chi connectivity index (χ0v) is 12.3. The van der Waals surface area contributed by atoms with Crippen LogP contribution in [0.5, 0.6) is 0 Å². The predicted octanol–water partition coefficient (Wildman–Crippen LogP) is 2.53. The zero-order chi connectivity index (χ0) is 13.7. The molecule has 1 aliphatic rings. The summed E-state index contributed by atoms with van der Waals surface area (Å²) in [5.74, 6) is -0.0607. The molecule has 0 radical (unpaired) electrons. The Hall–Kier alpha value is -1.23. The third kappa shape index (κ3) is 3.86. The molecule has 1 amide bonds. The molecule has 1 saturated carbocycles. The van der Waals surface area contributed by atoms with E-state index in [1.54, 1.807) is 12.3 Å². The van der Waals surface area contributed by atoms with Crippen LogP contribution in [-0.4, -0.2) is 35.5 Å². The summed E-state index contributed by atoms with van der Waals surface area (Å²) >= 11 is 1.90. The smallest absolute Gasteiger partial charge is 0.270 e. The van der Waals surface area contributed by atoms with Gasteiger partial charge in [-0.25, -0.2) is 4.98 Å². The molecule has 1 heterocycles. The van der Waals surface area contributed by atoms with Gasteiger partial charge < -0.3 is 10.6 Å². The Kier molecular flexibility index (Phi) is 5.07. The summed E-state index contributed by atoms with van der Waals surface area (Å²) in [7, 11) is 1.83. The summed E-state index contributed by atoms with van der Waals surface area (Å²) in [4.78, 5) is 16.3. The SMILES string of the molecule is CNc1ccc(C(=O)NC2CCCC(SC)C2)nc1. The number of nitrogens with zero attached hydrogens (tertiary/aromatic N) is 1. The van der Waals surface area contributed by atoms with Crippen LogP contribution in [-0.2, 0) is 0 Å². The van der Waals surface area contributed by atoms with Gasteiger partial charge in [-0.15, -0.1) is 0 Å². The van der Waals surface area contributed by atoms with Gasteiger partial charge in [0.1, 0.15) is 5.69 Å². The molecule has 4 nitrogen and oxygen atoms in total. The predicted molar refractivity (Wildman–Crippen MR) is 80.8 cm³/mol. The number of anilines is 1. The molecule has 2 N–H and O–H groups in total. The second-order valence-electron chi connectivity index (χ2n) is 4.88. The van der Waals surface area contributed by atoms with E-state index in [1.807, 2.05) is 24.9 Å². The Balaban J connectivity index is 1.92. The Labute approximate surface area is 118 Å². The van der Waals surface area contributed by atoms with Crippen LogP contribution in [0.1, 0.15) is 36.2 Å². The van der Waals surface area contributed by atoms with Crippen molar-refractivity contribution in [1.82, 2.24) is 10.3 Å². The number of nitrogens with one attached hydrogen (secondary N) is 2. The first-order valence-corrected chi connectivity index (χ1v) is 7.99. The van der Waals surface area contributed by atoms with Crippen molar-refractivity contribution in [3.8, 4) is 0 Å². The van der Waals surface area contributed by atoms with E-state index in [4.69, 9.17) is 0 Å². The van der Waals surface area contributed by atoms with Crippen molar-refractivity contribution in [2.45, 2.75) is 37.0 Å². The van der Waals surface area contributed by atoms with E-state index in [1.165, 1.54) is 12.8 Å². The largest absolute Gasteiger partial charge is 0.387 e. The highest BCUT2D eigenvalue weighted by molar-refractivity contribution is 7.99. The maximum Gasteiger partial charge on any atom is 0.270 e. The lowest BCUT2D eigenvalue weighted by Gasteiger charge is -2.28. The van der Waals surface area contributed by atoms with Crippen LogP contribution >= 0.6 is 11.8 Å². The van der Waals surface area contributed by atoms with Gasteiger partial charge in [-0.2, -0.15) is 11.8 Å². The highest BCUT2D eigenvalue weighted by Gasteiger charge is 2.23. The molecule has 0 spiro atoms. The topological polar surface area (TPSA) is 54.0 Å². The monoisotopic (exact) mass is 279 g/mol. The number of carbonyl (C=O) groups excluding carboxylic acids is 1. The van der Waals surface area contributed by atoms with Crippen LogP contribution in [0.25, 0.3) is 0 Å². The van der Waals surface area contributed by atoms with Crippen LogP contribution < -0.4 is 10.6 Å². The molecule has 5 heteroatoms. The van der Waals surface area contributed by atoms with Crippen LogP contribution in [0.15, 0.2) is 18.3 Å². The molecule has 1 aliphatic carbocycles. The first-order valence-electron chi connectivity index (χ1n) is 6.70. The number of amides is 1.